The van der Waals surface area contributed by atoms with E-state index in [1.165, 1.54) is 24.3 Å². The highest BCUT2D eigenvalue weighted by molar-refractivity contribution is 7.92. The van der Waals surface area contributed by atoms with Crippen LogP contribution in [-0.4, -0.2) is 38.2 Å². The lowest BCUT2D eigenvalue weighted by Gasteiger charge is -2.31. The maximum Gasteiger partial charge on any atom is 0.184 e. The summed E-state index contributed by atoms with van der Waals surface area (Å²) in [5.74, 6) is -2.45. The molecule has 0 N–H and O–H groups in total. The molecule has 0 radical (unpaired) electrons. The third-order valence-corrected chi connectivity index (χ3v) is 7.11. The molecule has 1 heterocycles. The van der Waals surface area contributed by atoms with E-state index in [-0.39, 0.29) is 4.90 Å². The fourth-order valence-electron chi connectivity index (χ4n) is 3.28. The minimum Gasteiger partial charge on any atom is -0.303 e. The van der Waals surface area contributed by atoms with E-state index in [4.69, 9.17) is 0 Å². The molecule has 0 spiro atoms. The number of sulfone groups is 1. The fourth-order valence-corrected chi connectivity index (χ4v) is 5.08. The van der Waals surface area contributed by atoms with Crippen molar-refractivity contribution in [2.24, 2.45) is 0 Å². The summed E-state index contributed by atoms with van der Waals surface area (Å²) in [5.41, 5.74) is 0.699. The third-order valence-electron chi connectivity index (χ3n) is 4.82. The largest absolute Gasteiger partial charge is 0.303 e. The summed E-state index contributed by atoms with van der Waals surface area (Å²) in [4.78, 5) is 1.86. The van der Waals surface area contributed by atoms with Crippen molar-refractivity contribution in [3.05, 3.63) is 65.5 Å². The van der Waals surface area contributed by atoms with E-state index in [1.807, 2.05) is 0 Å². The monoisotopic (exact) mass is 383 g/mol. The van der Waals surface area contributed by atoms with E-state index < -0.39 is 32.5 Å². The zero-order valence-electron chi connectivity index (χ0n) is 14.2. The Hall–Kier alpha value is -1.86. The molecule has 2 aromatic carbocycles. The summed E-state index contributed by atoms with van der Waals surface area (Å²) in [6.07, 6.45) is 1.41. The van der Waals surface area contributed by atoms with Crippen molar-refractivity contribution in [2.45, 2.75) is 29.4 Å². The molecule has 0 saturated carbocycles. The van der Waals surface area contributed by atoms with E-state index in [0.717, 1.165) is 12.1 Å². The van der Waals surface area contributed by atoms with Crippen LogP contribution in [0.4, 0.5) is 13.2 Å². The van der Waals surface area contributed by atoms with Crippen LogP contribution in [0.2, 0.25) is 0 Å². The van der Waals surface area contributed by atoms with Crippen molar-refractivity contribution in [2.75, 3.05) is 19.6 Å². The van der Waals surface area contributed by atoms with Crippen LogP contribution in [0.25, 0.3) is 0 Å². The second-order valence-electron chi connectivity index (χ2n) is 6.51. The zero-order chi connectivity index (χ0) is 18.7. The molecule has 7 heteroatoms. The maximum absolute atomic E-state index is 13.8. The molecule has 0 aliphatic carbocycles. The molecular weight excluding hydrogens is 363 g/mol. The molecule has 140 valence electrons. The summed E-state index contributed by atoms with van der Waals surface area (Å²) in [6, 6.07) is 9.29. The van der Waals surface area contributed by atoms with E-state index >= 15 is 0 Å². The predicted molar refractivity (Wildman–Crippen MR) is 93.1 cm³/mol. The standard InChI is InChI=1S/C19H20F3NO2S/c20-16-6-5-14(13-18(16)22)7-10-23-11-8-15(9-12-23)26(24,25)19-4-2-1-3-17(19)21/h1-6,13,15H,7-12H2. The van der Waals surface area contributed by atoms with Gasteiger partial charge in [0.2, 0.25) is 0 Å². The highest BCUT2D eigenvalue weighted by Gasteiger charge is 2.32. The van der Waals surface area contributed by atoms with Gasteiger partial charge in [-0.3, -0.25) is 0 Å². The van der Waals surface area contributed by atoms with Crippen LogP contribution in [-0.2, 0) is 16.3 Å². The molecule has 3 nitrogen and oxygen atoms in total. The molecule has 0 amide bonds. The molecule has 1 aliphatic heterocycles. The number of halogens is 3. The van der Waals surface area contributed by atoms with E-state index in [1.54, 1.807) is 6.07 Å². The topological polar surface area (TPSA) is 37.4 Å². The molecule has 0 atom stereocenters. The van der Waals surface area contributed by atoms with Crippen LogP contribution in [0, 0.1) is 17.5 Å². The number of likely N-dealkylation sites (tertiary alicyclic amines) is 1. The summed E-state index contributed by atoms with van der Waals surface area (Å²) in [7, 11) is -3.69. The minimum atomic E-state index is -3.69. The van der Waals surface area contributed by atoms with Gasteiger partial charge in [0.15, 0.2) is 21.5 Å². The van der Waals surface area contributed by atoms with E-state index in [2.05, 4.69) is 4.90 Å². The SMILES string of the molecule is O=S(=O)(c1ccccc1F)C1CCN(CCc2ccc(F)c(F)c2)CC1. The maximum atomic E-state index is 13.8. The molecule has 2 aromatic rings. The van der Waals surface area contributed by atoms with Gasteiger partial charge in [-0.25, -0.2) is 21.6 Å². The number of hydrogen-bond acceptors (Lipinski definition) is 3. The Bertz CT molecular complexity index is 878. The number of nitrogens with zero attached hydrogens (tertiary/aromatic N) is 1. The number of benzene rings is 2. The minimum absolute atomic E-state index is 0.236. The summed E-state index contributed by atoms with van der Waals surface area (Å²) in [5, 5.41) is -0.598. The fraction of sp³-hybridized carbons (Fsp3) is 0.368. The quantitative estimate of drug-likeness (QED) is 0.792. The lowest BCUT2D eigenvalue weighted by atomic mass is 10.1. The Balaban J connectivity index is 1.57. The van der Waals surface area contributed by atoms with E-state index in [0.29, 0.717) is 44.5 Å². The smallest absolute Gasteiger partial charge is 0.184 e. The molecule has 1 saturated heterocycles. The number of piperidine rings is 1. The first-order chi connectivity index (χ1) is 12.4. The van der Waals surface area contributed by atoms with Crippen LogP contribution >= 0.6 is 0 Å². The average Bonchev–Trinajstić information content (AvgIpc) is 2.63. The molecule has 26 heavy (non-hydrogen) atoms. The van der Waals surface area contributed by atoms with Crippen molar-refractivity contribution >= 4 is 9.84 Å². The molecule has 0 aromatic heterocycles. The first-order valence-corrected chi connectivity index (χ1v) is 10.1. The van der Waals surface area contributed by atoms with Gasteiger partial charge in [0, 0.05) is 6.54 Å². The van der Waals surface area contributed by atoms with Gasteiger partial charge in [0.1, 0.15) is 10.7 Å². The third kappa shape index (κ3) is 4.10. The Morgan fingerprint density at radius 3 is 2.27 bits per heavy atom. The first kappa shape index (κ1) is 18.9. The Labute approximate surface area is 151 Å². The summed E-state index contributed by atoms with van der Waals surface area (Å²) < 4.78 is 65.3. The van der Waals surface area contributed by atoms with Gasteiger partial charge in [-0.1, -0.05) is 18.2 Å². The second-order valence-corrected chi connectivity index (χ2v) is 8.71. The first-order valence-electron chi connectivity index (χ1n) is 8.52. The van der Waals surface area contributed by atoms with Crippen molar-refractivity contribution in [3.63, 3.8) is 0 Å². The number of hydrogen-bond donors (Lipinski definition) is 0. The van der Waals surface area contributed by atoms with Crippen molar-refractivity contribution in [1.29, 1.82) is 0 Å². The van der Waals surface area contributed by atoms with E-state index in [9.17, 15) is 21.6 Å². The Morgan fingerprint density at radius 1 is 0.923 bits per heavy atom. The van der Waals surface area contributed by atoms with Gasteiger partial charge in [-0.2, -0.15) is 0 Å². The van der Waals surface area contributed by atoms with Gasteiger partial charge in [0.05, 0.1) is 5.25 Å². The lowest BCUT2D eigenvalue weighted by Crippen LogP contribution is -2.40. The van der Waals surface area contributed by atoms with Crippen molar-refractivity contribution in [1.82, 2.24) is 4.90 Å². The molecule has 0 unspecified atom stereocenters. The normalized spacial score (nSPS) is 16.7. The average molecular weight is 383 g/mol. The lowest BCUT2D eigenvalue weighted by molar-refractivity contribution is 0.232. The zero-order valence-corrected chi connectivity index (χ0v) is 15.0. The van der Waals surface area contributed by atoms with Crippen LogP contribution in [0.15, 0.2) is 47.4 Å². The van der Waals surface area contributed by atoms with Crippen LogP contribution in [0.3, 0.4) is 0 Å². The molecule has 0 bridgehead atoms. The highest BCUT2D eigenvalue weighted by atomic mass is 32.2. The molecule has 3 rings (SSSR count). The summed E-state index contributed by atoms with van der Waals surface area (Å²) >= 11 is 0. The van der Waals surface area contributed by atoms with Gasteiger partial charge in [-0.05, 0) is 62.2 Å². The Kier molecular flexibility index (Phi) is 5.67. The van der Waals surface area contributed by atoms with Gasteiger partial charge < -0.3 is 4.90 Å². The van der Waals surface area contributed by atoms with Gasteiger partial charge in [0.25, 0.3) is 0 Å². The number of rotatable bonds is 5. The van der Waals surface area contributed by atoms with Crippen LogP contribution in [0.5, 0.6) is 0 Å². The van der Waals surface area contributed by atoms with Crippen molar-refractivity contribution < 1.29 is 21.6 Å². The van der Waals surface area contributed by atoms with Gasteiger partial charge in [-0.15, -0.1) is 0 Å². The molecular formula is C19H20F3NO2S. The van der Waals surface area contributed by atoms with Crippen molar-refractivity contribution in [3.8, 4) is 0 Å². The van der Waals surface area contributed by atoms with Crippen LogP contribution in [0.1, 0.15) is 18.4 Å². The summed E-state index contributed by atoms with van der Waals surface area (Å²) in [6.45, 7) is 1.78. The highest BCUT2D eigenvalue weighted by Crippen LogP contribution is 2.26. The predicted octanol–water partition coefficient (Wildman–Crippen LogP) is 3.58. The Morgan fingerprint density at radius 2 is 1.62 bits per heavy atom. The second kappa shape index (κ2) is 7.80. The van der Waals surface area contributed by atoms with Crippen LogP contribution < -0.4 is 0 Å². The van der Waals surface area contributed by atoms with Gasteiger partial charge >= 0.3 is 0 Å². The molecule has 1 aliphatic rings. The molecule has 1 fully saturated rings.